The van der Waals surface area contributed by atoms with Crippen LogP contribution in [-0.4, -0.2) is 46.0 Å². The molecular weight excluding hydrogens is 264 g/mol. The van der Waals surface area contributed by atoms with E-state index in [2.05, 4.69) is 5.16 Å². The summed E-state index contributed by atoms with van der Waals surface area (Å²) in [7, 11) is 0. The summed E-state index contributed by atoms with van der Waals surface area (Å²) < 4.78 is 5.09. The van der Waals surface area contributed by atoms with E-state index in [0.717, 1.165) is 22.8 Å². The van der Waals surface area contributed by atoms with Gasteiger partial charge in [-0.05, 0) is 26.7 Å². The number of hydrogen-bond acceptors (Lipinski definition) is 5. The lowest BCUT2D eigenvalue weighted by atomic mass is 10.1. The van der Waals surface area contributed by atoms with Crippen LogP contribution >= 0.6 is 11.8 Å². The lowest BCUT2D eigenvalue weighted by molar-refractivity contribution is -0.130. The number of likely N-dealkylation sites (tertiary alicyclic amines) is 1. The van der Waals surface area contributed by atoms with Gasteiger partial charge in [0.1, 0.15) is 5.76 Å². The Labute approximate surface area is 117 Å². The zero-order valence-corrected chi connectivity index (χ0v) is 12.2. The first kappa shape index (κ1) is 14.4. The fourth-order valence-electron chi connectivity index (χ4n) is 2.15. The number of hydrogen-bond donors (Lipinski definition) is 1. The molecule has 1 amide bonds. The predicted octanol–water partition coefficient (Wildman–Crippen LogP) is 1.51. The van der Waals surface area contributed by atoms with Gasteiger partial charge in [-0.15, -0.1) is 11.8 Å². The van der Waals surface area contributed by atoms with Crippen molar-refractivity contribution in [1.29, 1.82) is 0 Å². The van der Waals surface area contributed by atoms with Crippen molar-refractivity contribution in [2.45, 2.75) is 38.5 Å². The Kier molecular flexibility index (Phi) is 4.87. The normalized spacial score (nSPS) is 16.9. The lowest BCUT2D eigenvalue weighted by Crippen LogP contribution is -2.40. The van der Waals surface area contributed by atoms with E-state index in [9.17, 15) is 9.90 Å². The first-order valence-corrected chi connectivity index (χ1v) is 7.68. The monoisotopic (exact) mass is 284 g/mol. The highest BCUT2D eigenvalue weighted by molar-refractivity contribution is 7.99. The first-order chi connectivity index (χ1) is 9.08. The van der Waals surface area contributed by atoms with Crippen LogP contribution in [0.25, 0.3) is 0 Å². The van der Waals surface area contributed by atoms with Crippen molar-refractivity contribution in [3.63, 3.8) is 0 Å². The molecule has 1 saturated heterocycles. The molecule has 1 aliphatic rings. The number of piperidine rings is 1. The Morgan fingerprint density at radius 3 is 2.74 bits per heavy atom. The molecule has 1 fully saturated rings. The number of rotatable bonds is 4. The summed E-state index contributed by atoms with van der Waals surface area (Å²) in [5.74, 6) is 2.21. The topological polar surface area (TPSA) is 66.6 Å². The van der Waals surface area contributed by atoms with Gasteiger partial charge < -0.3 is 14.5 Å². The maximum absolute atomic E-state index is 12.0. The average molecular weight is 284 g/mol. The molecule has 1 N–H and O–H groups in total. The van der Waals surface area contributed by atoms with Gasteiger partial charge >= 0.3 is 0 Å². The fraction of sp³-hybridized carbons (Fsp3) is 0.692. The number of carbonyl (C=O) groups excluding carboxylic acids is 1. The van der Waals surface area contributed by atoms with Crippen LogP contribution in [0.1, 0.15) is 29.9 Å². The minimum Gasteiger partial charge on any atom is -0.393 e. The third-order valence-corrected chi connectivity index (χ3v) is 4.41. The van der Waals surface area contributed by atoms with Crippen LogP contribution in [0.2, 0.25) is 0 Å². The first-order valence-electron chi connectivity index (χ1n) is 6.53. The molecule has 0 spiro atoms. The average Bonchev–Trinajstić information content (AvgIpc) is 2.71. The molecule has 0 aromatic carbocycles. The maximum atomic E-state index is 12.0. The molecule has 0 unspecified atom stereocenters. The minimum atomic E-state index is -0.237. The standard InChI is InChI=1S/C13H20N2O3S/c1-9-12(10(2)18-14-9)7-19-8-13(17)15-5-3-11(16)4-6-15/h11,16H,3-8H2,1-2H3. The van der Waals surface area contributed by atoms with E-state index in [4.69, 9.17) is 4.52 Å². The molecule has 106 valence electrons. The van der Waals surface area contributed by atoms with Crippen molar-refractivity contribution in [2.75, 3.05) is 18.8 Å². The summed E-state index contributed by atoms with van der Waals surface area (Å²) in [6.07, 6.45) is 1.15. The molecule has 0 radical (unpaired) electrons. The van der Waals surface area contributed by atoms with E-state index in [1.54, 1.807) is 11.8 Å². The molecule has 0 bridgehead atoms. The molecule has 2 heterocycles. The van der Waals surface area contributed by atoms with Crippen LogP contribution in [0.5, 0.6) is 0 Å². The molecule has 0 atom stereocenters. The van der Waals surface area contributed by atoms with Crippen LogP contribution in [0.4, 0.5) is 0 Å². The number of aliphatic hydroxyl groups is 1. The fourth-order valence-corrected chi connectivity index (χ4v) is 3.23. The van der Waals surface area contributed by atoms with E-state index in [-0.39, 0.29) is 12.0 Å². The summed E-state index contributed by atoms with van der Waals surface area (Å²) in [5.41, 5.74) is 1.99. The quantitative estimate of drug-likeness (QED) is 0.907. The maximum Gasteiger partial charge on any atom is 0.232 e. The van der Waals surface area contributed by atoms with Gasteiger partial charge in [0.2, 0.25) is 5.91 Å². The van der Waals surface area contributed by atoms with Gasteiger partial charge in [-0.2, -0.15) is 0 Å². The van der Waals surface area contributed by atoms with E-state index < -0.39 is 0 Å². The Bertz CT molecular complexity index is 420. The molecule has 1 aromatic rings. The third-order valence-electron chi connectivity index (χ3n) is 3.47. The lowest BCUT2D eigenvalue weighted by Gasteiger charge is -2.29. The van der Waals surface area contributed by atoms with Gasteiger partial charge in [0.25, 0.3) is 0 Å². The predicted molar refractivity (Wildman–Crippen MR) is 74.0 cm³/mol. The second kappa shape index (κ2) is 6.43. The second-order valence-electron chi connectivity index (χ2n) is 4.91. The van der Waals surface area contributed by atoms with Crippen LogP contribution in [-0.2, 0) is 10.5 Å². The summed E-state index contributed by atoms with van der Waals surface area (Å²) in [6, 6.07) is 0. The van der Waals surface area contributed by atoms with E-state index in [1.807, 2.05) is 18.7 Å². The van der Waals surface area contributed by atoms with Crippen LogP contribution in [0.15, 0.2) is 4.52 Å². The zero-order valence-electron chi connectivity index (χ0n) is 11.4. The molecule has 19 heavy (non-hydrogen) atoms. The zero-order chi connectivity index (χ0) is 13.8. The SMILES string of the molecule is Cc1noc(C)c1CSCC(=O)N1CCC(O)CC1. The molecule has 2 rings (SSSR count). The molecule has 5 nitrogen and oxygen atoms in total. The summed E-state index contributed by atoms with van der Waals surface area (Å²) in [5, 5.41) is 13.3. The van der Waals surface area contributed by atoms with E-state index in [1.165, 1.54) is 0 Å². The molecule has 6 heteroatoms. The number of carbonyl (C=O) groups is 1. The number of nitrogens with zero attached hydrogens (tertiary/aromatic N) is 2. The van der Waals surface area contributed by atoms with Gasteiger partial charge in [0.05, 0.1) is 17.6 Å². The smallest absolute Gasteiger partial charge is 0.232 e. The molecule has 1 aromatic heterocycles. The van der Waals surface area contributed by atoms with Crippen molar-refractivity contribution < 1.29 is 14.4 Å². The molecular formula is C13H20N2O3S. The van der Waals surface area contributed by atoms with Gasteiger partial charge in [-0.25, -0.2) is 0 Å². The van der Waals surface area contributed by atoms with Crippen molar-refractivity contribution in [1.82, 2.24) is 10.1 Å². The largest absolute Gasteiger partial charge is 0.393 e. The van der Waals surface area contributed by atoms with Gasteiger partial charge in [-0.1, -0.05) is 5.16 Å². The highest BCUT2D eigenvalue weighted by Crippen LogP contribution is 2.20. The number of thioether (sulfide) groups is 1. The van der Waals surface area contributed by atoms with Gasteiger partial charge in [0.15, 0.2) is 0 Å². The van der Waals surface area contributed by atoms with Gasteiger partial charge in [-0.3, -0.25) is 4.79 Å². The second-order valence-corrected chi connectivity index (χ2v) is 5.89. The highest BCUT2D eigenvalue weighted by Gasteiger charge is 2.21. The minimum absolute atomic E-state index is 0.156. The van der Waals surface area contributed by atoms with Crippen LogP contribution in [0.3, 0.4) is 0 Å². The highest BCUT2D eigenvalue weighted by atomic mass is 32.2. The summed E-state index contributed by atoms with van der Waals surface area (Å²) >= 11 is 1.59. The van der Waals surface area contributed by atoms with Crippen LogP contribution < -0.4 is 0 Å². The Morgan fingerprint density at radius 2 is 2.16 bits per heavy atom. The van der Waals surface area contributed by atoms with Gasteiger partial charge in [0, 0.05) is 24.4 Å². The number of aromatic nitrogens is 1. The van der Waals surface area contributed by atoms with Crippen molar-refractivity contribution in [2.24, 2.45) is 0 Å². The van der Waals surface area contributed by atoms with E-state index >= 15 is 0 Å². The summed E-state index contributed by atoms with van der Waals surface area (Å²) in [6.45, 7) is 5.15. The third kappa shape index (κ3) is 3.73. The van der Waals surface area contributed by atoms with Crippen molar-refractivity contribution in [3.05, 3.63) is 17.0 Å². The van der Waals surface area contributed by atoms with Crippen LogP contribution in [0, 0.1) is 13.8 Å². The Morgan fingerprint density at radius 1 is 1.47 bits per heavy atom. The molecule has 0 aliphatic carbocycles. The molecule has 1 aliphatic heterocycles. The van der Waals surface area contributed by atoms with Crippen molar-refractivity contribution >= 4 is 17.7 Å². The number of amides is 1. The Balaban J connectivity index is 1.75. The number of aliphatic hydroxyl groups excluding tert-OH is 1. The molecule has 0 saturated carbocycles. The number of aryl methyl sites for hydroxylation is 2. The summed E-state index contributed by atoms with van der Waals surface area (Å²) in [4.78, 5) is 13.8. The van der Waals surface area contributed by atoms with E-state index in [0.29, 0.717) is 31.7 Å². The Hall–Kier alpha value is -1.01. The van der Waals surface area contributed by atoms with Crippen molar-refractivity contribution in [3.8, 4) is 0 Å².